The molecule has 2 heterocycles. The molecule has 122 valence electrons. The molecular weight excluding hydrogens is 312 g/mol. The van der Waals surface area contributed by atoms with Gasteiger partial charge in [-0.15, -0.1) is 0 Å². The number of nitrogens with zero attached hydrogens (tertiary/aromatic N) is 1. The topological polar surface area (TPSA) is 94.6 Å². The van der Waals surface area contributed by atoms with Crippen molar-refractivity contribution in [2.45, 2.75) is 13.8 Å². The number of carbonyl (C=O) groups excluding carboxylic acids is 3. The third-order valence-corrected chi connectivity index (χ3v) is 3.37. The van der Waals surface area contributed by atoms with Crippen LogP contribution in [0.2, 0.25) is 0 Å². The Labute approximate surface area is 137 Å². The number of benzene rings is 1. The normalized spacial score (nSPS) is 12.6. The van der Waals surface area contributed by atoms with Gasteiger partial charge in [0.05, 0.1) is 17.7 Å². The maximum atomic E-state index is 11.9. The summed E-state index contributed by atoms with van der Waals surface area (Å²) >= 11 is 0. The van der Waals surface area contributed by atoms with Gasteiger partial charge in [-0.2, -0.15) is 0 Å². The van der Waals surface area contributed by atoms with Crippen molar-refractivity contribution in [3.63, 3.8) is 0 Å². The minimum atomic E-state index is -0.556. The van der Waals surface area contributed by atoms with Crippen molar-refractivity contribution >= 4 is 17.8 Å². The van der Waals surface area contributed by atoms with Gasteiger partial charge >= 0.3 is 5.97 Å². The molecule has 24 heavy (non-hydrogen) atoms. The van der Waals surface area contributed by atoms with E-state index >= 15 is 0 Å². The monoisotopic (exact) mass is 326 g/mol. The molecule has 2 aromatic rings. The SMILES string of the molecule is CCOC(=O)c1cccc(Oc2nc(C)cc3c2C(=O)NC3=O)c1. The molecular formula is C17H14N2O5. The lowest BCUT2D eigenvalue weighted by atomic mass is 10.1. The lowest BCUT2D eigenvalue weighted by Crippen LogP contribution is -2.20. The van der Waals surface area contributed by atoms with Gasteiger partial charge in [-0.1, -0.05) is 6.07 Å². The lowest BCUT2D eigenvalue weighted by molar-refractivity contribution is 0.0525. The van der Waals surface area contributed by atoms with E-state index in [1.165, 1.54) is 12.1 Å². The standard InChI is InChI=1S/C17H14N2O5/c1-3-23-17(22)10-5-4-6-11(8-10)24-16-13-12(7-9(2)18-16)14(20)19-15(13)21/h4-8H,3H2,1-2H3,(H,19,20,21). The first-order valence-electron chi connectivity index (χ1n) is 7.32. The van der Waals surface area contributed by atoms with Crippen LogP contribution in [0.1, 0.15) is 43.7 Å². The van der Waals surface area contributed by atoms with Crippen LogP contribution in [-0.2, 0) is 4.74 Å². The number of amides is 2. The van der Waals surface area contributed by atoms with Gasteiger partial charge < -0.3 is 9.47 Å². The average Bonchev–Trinajstić information content (AvgIpc) is 2.82. The van der Waals surface area contributed by atoms with Crippen LogP contribution in [0, 0.1) is 6.92 Å². The third kappa shape index (κ3) is 2.83. The van der Waals surface area contributed by atoms with E-state index in [2.05, 4.69) is 10.3 Å². The number of imide groups is 1. The Morgan fingerprint density at radius 3 is 2.75 bits per heavy atom. The molecule has 7 nitrogen and oxygen atoms in total. The van der Waals surface area contributed by atoms with Crippen LogP contribution in [0.4, 0.5) is 0 Å². The molecule has 1 aliphatic rings. The quantitative estimate of drug-likeness (QED) is 0.684. The summed E-state index contributed by atoms with van der Waals surface area (Å²) in [6.45, 7) is 3.67. The number of rotatable bonds is 4. The fraction of sp³-hybridized carbons (Fsp3) is 0.176. The fourth-order valence-corrected chi connectivity index (χ4v) is 2.36. The molecule has 1 aromatic carbocycles. The molecule has 0 bridgehead atoms. The molecule has 3 rings (SSSR count). The zero-order valence-electron chi connectivity index (χ0n) is 13.1. The van der Waals surface area contributed by atoms with Gasteiger partial charge in [0.25, 0.3) is 11.8 Å². The molecule has 1 N–H and O–H groups in total. The number of pyridine rings is 1. The van der Waals surface area contributed by atoms with Crippen LogP contribution >= 0.6 is 0 Å². The summed E-state index contributed by atoms with van der Waals surface area (Å²) in [5.41, 5.74) is 1.17. The van der Waals surface area contributed by atoms with E-state index in [1.54, 1.807) is 32.0 Å². The van der Waals surface area contributed by atoms with E-state index in [0.717, 1.165) is 0 Å². The summed E-state index contributed by atoms with van der Waals surface area (Å²) < 4.78 is 10.6. The van der Waals surface area contributed by atoms with Crippen LogP contribution in [0.15, 0.2) is 30.3 Å². The van der Waals surface area contributed by atoms with Crippen LogP contribution in [0.5, 0.6) is 11.6 Å². The van der Waals surface area contributed by atoms with E-state index in [0.29, 0.717) is 17.0 Å². The van der Waals surface area contributed by atoms with Crippen molar-refractivity contribution < 1.29 is 23.9 Å². The first kappa shape index (κ1) is 15.7. The number of carbonyl (C=O) groups is 3. The molecule has 7 heteroatoms. The second kappa shape index (κ2) is 6.11. The summed E-state index contributed by atoms with van der Waals surface area (Å²) in [7, 11) is 0. The first-order valence-corrected chi connectivity index (χ1v) is 7.32. The van der Waals surface area contributed by atoms with Crippen molar-refractivity contribution in [2.75, 3.05) is 6.61 Å². The fourth-order valence-electron chi connectivity index (χ4n) is 2.36. The lowest BCUT2D eigenvalue weighted by Gasteiger charge is -2.09. The maximum absolute atomic E-state index is 11.9. The average molecular weight is 326 g/mol. The van der Waals surface area contributed by atoms with E-state index in [1.807, 2.05) is 0 Å². The van der Waals surface area contributed by atoms with Gasteiger partial charge in [0.2, 0.25) is 5.88 Å². The highest BCUT2D eigenvalue weighted by molar-refractivity contribution is 6.22. The van der Waals surface area contributed by atoms with E-state index in [9.17, 15) is 14.4 Å². The van der Waals surface area contributed by atoms with Crippen LogP contribution < -0.4 is 10.1 Å². The molecule has 0 saturated carbocycles. The van der Waals surface area contributed by atoms with Gasteiger partial charge in [0.1, 0.15) is 11.3 Å². The number of aryl methyl sites for hydroxylation is 1. The molecule has 0 unspecified atom stereocenters. The Kier molecular flexibility index (Phi) is 3.99. The highest BCUT2D eigenvalue weighted by atomic mass is 16.5. The molecule has 1 aromatic heterocycles. The smallest absolute Gasteiger partial charge is 0.338 e. The number of fused-ring (bicyclic) bond motifs is 1. The third-order valence-electron chi connectivity index (χ3n) is 3.37. The van der Waals surface area contributed by atoms with Gasteiger partial charge in [-0.25, -0.2) is 9.78 Å². The molecule has 0 saturated heterocycles. The minimum absolute atomic E-state index is 0.0226. The zero-order valence-corrected chi connectivity index (χ0v) is 13.1. The largest absolute Gasteiger partial charge is 0.462 e. The van der Waals surface area contributed by atoms with E-state index in [4.69, 9.17) is 9.47 Å². The van der Waals surface area contributed by atoms with Crippen LogP contribution in [0.3, 0.4) is 0 Å². The van der Waals surface area contributed by atoms with Crippen LogP contribution in [-0.4, -0.2) is 29.4 Å². The number of ether oxygens (including phenoxy) is 2. The number of aromatic nitrogens is 1. The zero-order chi connectivity index (χ0) is 17.3. The van der Waals surface area contributed by atoms with Gasteiger partial charge in [0.15, 0.2) is 0 Å². The predicted octanol–water partition coefficient (Wildman–Crippen LogP) is 2.24. The summed E-state index contributed by atoms with van der Waals surface area (Å²) in [5, 5.41) is 2.21. The maximum Gasteiger partial charge on any atom is 0.338 e. The Balaban J connectivity index is 1.97. The summed E-state index contributed by atoms with van der Waals surface area (Å²) in [5.74, 6) is -1.18. The summed E-state index contributed by atoms with van der Waals surface area (Å²) in [6.07, 6.45) is 0. The summed E-state index contributed by atoms with van der Waals surface area (Å²) in [6, 6.07) is 7.85. The molecule has 0 fully saturated rings. The first-order chi connectivity index (χ1) is 11.5. The van der Waals surface area contributed by atoms with Crippen molar-refractivity contribution in [1.82, 2.24) is 10.3 Å². The van der Waals surface area contributed by atoms with Crippen molar-refractivity contribution in [2.24, 2.45) is 0 Å². The highest BCUT2D eigenvalue weighted by Gasteiger charge is 2.32. The second-order valence-corrected chi connectivity index (χ2v) is 5.12. The van der Waals surface area contributed by atoms with Gasteiger partial charge in [-0.3, -0.25) is 14.9 Å². The molecule has 0 radical (unpaired) electrons. The molecule has 1 aliphatic heterocycles. The van der Waals surface area contributed by atoms with E-state index in [-0.39, 0.29) is 23.6 Å². The number of esters is 1. The number of hydrogen-bond donors (Lipinski definition) is 1. The molecule has 0 spiro atoms. The Morgan fingerprint density at radius 2 is 2.00 bits per heavy atom. The minimum Gasteiger partial charge on any atom is -0.462 e. The molecule has 0 atom stereocenters. The predicted molar refractivity (Wildman–Crippen MR) is 83.2 cm³/mol. The Hall–Kier alpha value is -3.22. The van der Waals surface area contributed by atoms with Crippen molar-refractivity contribution in [1.29, 1.82) is 0 Å². The van der Waals surface area contributed by atoms with Crippen molar-refractivity contribution in [3.05, 3.63) is 52.7 Å². The second-order valence-electron chi connectivity index (χ2n) is 5.12. The van der Waals surface area contributed by atoms with Gasteiger partial charge in [0, 0.05) is 5.69 Å². The Bertz CT molecular complexity index is 860. The van der Waals surface area contributed by atoms with E-state index < -0.39 is 17.8 Å². The molecule has 0 aliphatic carbocycles. The van der Waals surface area contributed by atoms with Crippen molar-refractivity contribution in [3.8, 4) is 11.6 Å². The summed E-state index contributed by atoms with van der Waals surface area (Å²) in [4.78, 5) is 39.7. The highest BCUT2D eigenvalue weighted by Crippen LogP contribution is 2.29. The number of nitrogens with one attached hydrogen (secondary N) is 1. The Morgan fingerprint density at radius 1 is 1.21 bits per heavy atom. The molecule has 2 amide bonds. The van der Waals surface area contributed by atoms with Gasteiger partial charge in [-0.05, 0) is 38.1 Å². The number of hydrogen-bond acceptors (Lipinski definition) is 6. The van der Waals surface area contributed by atoms with Crippen LogP contribution in [0.25, 0.3) is 0 Å².